The molecule has 1 heterocycles. The van der Waals surface area contributed by atoms with E-state index in [4.69, 9.17) is 22.3 Å². The number of hydrogen-bond acceptors (Lipinski definition) is 6. The summed E-state index contributed by atoms with van der Waals surface area (Å²) < 4.78 is 0. The van der Waals surface area contributed by atoms with Crippen molar-refractivity contribution in [3.05, 3.63) is 46.6 Å². The van der Waals surface area contributed by atoms with Crippen LogP contribution in [-0.4, -0.2) is 42.1 Å². The molecular weight excluding hydrogens is 442 g/mol. The van der Waals surface area contributed by atoms with E-state index < -0.39 is 0 Å². The fraction of sp³-hybridized carbons (Fsp3) is 0.542. The molecule has 176 valence electrons. The van der Waals surface area contributed by atoms with Gasteiger partial charge in [0, 0.05) is 37.0 Å². The number of carbonyl (C=O) groups is 1. The number of halogens is 1. The first-order chi connectivity index (χ1) is 15.6. The molecule has 1 aromatic carbocycles. The van der Waals surface area contributed by atoms with Crippen molar-refractivity contribution in [3.8, 4) is 0 Å². The lowest BCUT2D eigenvalue weighted by Gasteiger charge is -2.22. The molecule has 6 nitrogen and oxygen atoms in total. The fourth-order valence-corrected chi connectivity index (χ4v) is 4.39. The van der Waals surface area contributed by atoms with Gasteiger partial charge >= 0.3 is 0 Å². The van der Waals surface area contributed by atoms with E-state index >= 15 is 0 Å². The molecule has 0 aliphatic carbocycles. The van der Waals surface area contributed by atoms with Crippen LogP contribution >= 0.6 is 23.4 Å². The van der Waals surface area contributed by atoms with E-state index in [9.17, 15) is 4.79 Å². The highest BCUT2D eigenvalue weighted by Gasteiger charge is 2.11. The van der Waals surface area contributed by atoms with E-state index in [1.165, 1.54) is 11.8 Å². The van der Waals surface area contributed by atoms with E-state index in [2.05, 4.69) is 29.0 Å². The highest BCUT2D eigenvalue weighted by Crippen LogP contribution is 2.25. The molecule has 32 heavy (non-hydrogen) atoms. The molecule has 0 aliphatic rings. The van der Waals surface area contributed by atoms with Crippen LogP contribution in [0.15, 0.2) is 35.5 Å². The molecule has 0 radical (unpaired) electrons. The van der Waals surface area contributed by atoms with Crippen molar-refractivity contribution in [1.82, 2.24) is 15.3 Å². The Bertz CT molecular complexity index is 830. The molecule has 0 saturated heterocycles. The summed E-state index contributed by atoms with van der Waals surface area (Å²) in [6.07, 6.45) is 6.31. The van der Waals surface area contributed by atoms with Crippen LogP contribution in [0.1, 0.15) is 68.3 Å². The average molecular weight is 478 g/mol. The van der Waals surface area contributed by atoms with Gasteiger partial charge in [-0.2, -0.15) is 0 Å². The van der Waals surface area contributed by atoms with Crippen molar-refractivity contribution in [2.45, 2.75) is 63.3 Å². The first kappa shape index (κ1) is 26.4. The van der Waals surface area contributed by atoms with Gasteiger partial charge in [0.05, 0.1) is 0 Å². The lowest BCUT2D eigenvalue weighted by Crippen LogP contribution is -2.26. The Kier molecular flexibility index (Phi) is 12.5. The minimum atomic E-state index is -0.0354. The van der Waals surface area contributed by atoms with Crippen LogP contribution in [0.4, 0.5) is 5.82 Å². The van der Waals surface area contributed by atoms with E-state index in [1.807, 2.05) is 30.3 Å². The smallest absolute Gasteiger partial charge is 0.251 e. The molecule has 1 aromatic heterocycles. The molecule has 0 atom stereocenters. The van der Waals surface area contributed by atoms with Gasteiger partial charge in [0.1, 0.15) is 11.0 Å². The first-order valence-electron chi connectivity index (χ1n) is 11.6. The lowest BCUT2D eigenvalue weighted by molar-refractivity contribution is 0.0953. The second kappa shape index (κ2) is 15.1. The van der Waals surface area contributed by atoms with Crippen molar-refractivity contribution in [2.24, 2.45) is 5.73 Å². The van der Waals surface area contributed by atoms with Gasteiger partial charge in [-0.1, -0.05) is 62.2 Å². The number of amides is 1. The lowest BCUT2D eigenvalue weighted by atomic mass is 10.1. The minimum Gasteiger partial charge on any atom is -0.356 e. The highest BCUT2D eigenvalue weighted by molar-refractivity contribution is 7.98. The predicted octanol–water partition coefficient (Wildman–Crippen LogP) is 5.30. The Balaban J connectivity index is 1.94. The zero-order chi connectivity index (χ0) is 23.2. The number of unbranched alkanes of at least 4 members (excludes halogenated alkanes) is 3. The van der Waals surface area contributed by atoms with Crippen molar-refractivity contribution < 1.29 is 4.79 Å². The Morgan fingerprint density at radius 2 is 1.84 bits per heavy atom. The Labute approximate surface area is 201 Å². The Morgan fingerprint density at radius 1 is 1.09 bits per heavy atom. The van der Waals surface area contributed by atoms with Gasteiger partial charge in [-0.15, -0.1) is 0 Å². The van der Waals surface area contributed by atoms with Gasteiger partial charge in [-0.05, 0) is 49.9 Å². The van der Waals surface area contributed by atoms with Crippen molar-refractivity contribution in [1.29, 1.82) is 0 Å². The zero-order valence-electron chi connectivity index (χ0n) is 19.3. The van der Waals surface area contributed by atoms with Crippen LogP contribution in [0, 0.1) is 0 Å². The first-order valence-corrected chi connectivity index (χ1v) is 12.9. The number of benzene rings is 1. The summed E-state index contributed by atoms with van der Waals surface area (Å²) in [6, 6.07) is 9.54. The third-order valence-corrected chi connectivity index (χ3v) is 6.06. The number of nitrogens with zero attached hydrogens (tertiary/aromatic N) is 3. The third kappa shape index (κ3) is 9.35. The summed E-state index contributed by atoms with van der Waals surface area (Å²) in [6.45, 7) is 7.62. The Hall–Kier alpha value is -1.83. The maximum Gasteiger partial charge on any atom is 0.251 e. The quantitative estimate of drug-likeness (QED) is 0.157. The molecule has 0 aliphatic heterocycles. The van der Waals surface area contributed by atoms with Crippen LogP contribution in [0.2, 0.25) is 5.15 Å². The van der Waals surface area contributed by atoms with Gasteiger partial charge < -0.3 is 16.0 Å². The van der Waals surface area contributed by atoms with E-state index in [1.54, 1.807) is 0 Å². The van der Waals surface area contributed by atoms with Gasteiger partial charge in [-0.3, -0.25) is 4.79 Å². The number of nitrogens with one attached hydrogen (secondary N) is 1. The molecule has 0 fully saturated rings. The van der Waals surface area contributed by atoms with Gasteiger partial charge in [-0.25, -0.2) is 9.97 Å². The molecule has 2 aromatic rings. The standard InChI is InChI=1S/C24H36ClN5OS/c1-3-14-30(15-4-2)22-17-21(25)28-24(29-22)32-18-19-10-9-11-20(16-19)23(31)27-13-8-6-5-7-12-26/h9-11,16-17H,3-8,12-15,18,26H2,1-2H3,(H,27,31). The maximum atomic E-state index is 12.5. The molecular formula is C24H36ClN5OS. The number of hydrogen-bond donors (Lipinski definition) is 2. The SMILES string of the molecule is CCCN(CCC)c1cc(Cl)nc(SCc2cccc(C(=O)NCCCCCCN)c2)n1. The Morgan fingerprint density at radius 3 is 2.56 bits per heavy atom. The number of nitrogens with two attached hydrogens (primary N) is 1. The molecule has 8 heteroatoms. The predicted molar refractivity (Wildman–Crippen MR) is 136 cm³/mol. The van der Waals surface area contributed by atoms with Crippen LogP contribution in [-0.2, 0) is 5.75 Å². The summed E-state index contributed by atoms with van der Waals surface area (Å²) in [4.78, 5) is 23.8. The number of aromatic nitrogens is 2. The number of carbonyl (C=O) groups excluding carboxylic acids is 1. The van der Waals surface area contributed by atoms with Crippen LogP contribution < -0.4 is 16.0 Å². The molecule has 0 saturated carbocycles. The van der Waals surface area contributed by atoms with Crippen molar-refractivity contribution in [3.63, 3.8) is 0 Å². The average Bonchev–Trinajstić information content (AvgIpc) is 2.79. The molecule has 0 spiro atoms. The largest absolute Gasteiger partial charge is 0.356 e. The van der Waals surface area contributed by atoms with E-state index in [-0.39, 0.29) is 5.91 Å². The van der Waals surface area contributed by atoms with Crippen molar-refractivity contribution >= 4 is 35.1 Å². The van der Waals surface area contributed by atoms with E-state index in [0.29, 0.717) is 28.2 Å². The topological polar surface area (TPSA) is 84.1 Å². The van der Waals surface area contributed by atoms with Crippen molar-refractivity contribution in [2.75, 3.05) is 31.1 Å². The summed E-state index contributed by atoms with van der Waals surface area (Å²) in [5.41, 5.74) is 7.23. The summed E-state index contributed by atoms with van der Waals surface area (Å²) in [5.74, 6) is 1.50. The zero-order valence-corrected chi connectivity index (χ0v) is 20.9. The van der Waals surface area contributed by atoms with Gasteiger partial charge in [0.2, 0.25) is 0 Å². The third-order valence-electron chi connectivity index (χ3n) is 4.95. The minimum absolute atomic E-state index is 0.0354. The molecule has 2 rings (SSSR count). The summed E-state index contributed by atoms with van der Waals surface area (Å²) in [5, 5.41) is 4.11. The second-order valence-electron chi connectivity index (χ2n) is 7.77. The number of thioether (sulfide) groups is 1. The fourth-order valence-electron chi connectivity index (χ4n) is 3.37. The number of rotatable bonds is 15. The van der Waals surface area contributed by atoms with Crippen LogP contribution in [0.3, 0.4) is 0 Å². The molecule has 3 N–H and O–H groups in total. The van der Waals surface area contributed by atoms with Gasteiger partial charge in [0.15, 0.2) is 5.16 Å². The number of anilines is 1. The second-order valence-corrected chi connectivity index (χ2v) is 9.10. The normalized spacial score (nSPS) is 10.9. The molecule has 0 bridgehead atoms. The van der Waals surface area contributed by atoms with Crippen LogP contribution in [0.5, 0.6) is 0 Å². The molecule has 1 amide bonds. The maximum absolute atomic E-state index is 12.5. The summed E-state index contributed by atoms with van der Waals surface area (Å²) >= 11 is 7.81. The molecule has 0 unspecified atom stereocenters. The monoisotopic (exact) mass is 477 g/mol. The highest BCUT2D eigenvalue weighted by atomic mass is 35.5. The summed E-state index contributed by atoms with van der Waals surface area (Å²) in [7, 11) is 0. The van der Waals surface area contributed by atoms with Crippen LogP contribution in [0.25, 0.3) is 0 Å². The van der Waals surface area contributed by atoms with E-state index in [0.717, 1.165) is 69.5 Å². The van der Waals surface area contributed by atoms with Gasteiger partial charge in [0.25, 0.3) is 5.91 Å².